The van der Waals surface area contributed by atoms with Crippen LogP contribution in [-0.2, 0) is 14.8 Å². The van der Waals surface area contributed by atoms with Gasteiger partial charge in [-0.15, -0.1) is 0 Å². The van der Waals surface area contributed by atoms with Gasteiger partial charge in [0.05, 0.1) is 25.2 Å². The summed E-state index contributed by atoms with van der Waals surface area (Å²) in [6.45, 7) is 1.09. The number of carbonyl (C=O) groups is 1. The fourth-order valence-electron chi connectivity index (χ4n) is 2.69. The van der Waals surface area contributed by atoms with E-state index in [4.69, 9.17) is 9.15 Å². The molecule has 1 aliphatic rings. The maximum Gasteiger partial charge on any atom is 0.319 e. The van der Waals surface area contributed by atoms with Crippen molar-refractivity contribution in [2.24, 2.45) is 0 Å². The SMILES string of the molecule is CS(=O)(=O)N1CCOC(CNC(=O)Nc2cccc(-c3ccco3)c2)C1. The zero-order valence-electron chi connectivity index (χ0n) is 14.3. The molecule has 1 saturated heterocycles. The third-order valence-electron chi connectivity index (χ3n) is 3.99. The molecule has 2 heterocycles. The van der Waals surface area contributed by atoms with Crippen molar-refractivity contribution in [3.63, 3.8) is 0 Å². The molecule has 26 heavy (non-hydrogen) atoms. The average Bonchev–Trinajstić information content (AvgIpc) is 3.14. The van der Waals surface area contributed by atoms with Crippen molar-refractivity contribution in [2.75, 3.05) is 37.8 Å². The van der Waals surface area contributed by atoms with Gasteiger partial charge in [0, 0.05) is 30.9 Å². The number of carbonyl (C=O) groups excluding carboxylic acids is 1. The molecule has 1 fully saturated rings. The lowest BCUT2D eigenvalue weighted by atomic mass is 10.1. The molecule has 1 unspecified atom stereocenters. The number of furan rings is 1. The molecular weight excluding hydrogens is 358 g/mol. The quantitative estimate of drug-likeness (QED) is 0.824. The lowest BCUT2D eigenvalue weighted by molar-refractivity contribution is 0.00167. The van der Waals surface area contributed by atoms with E-state index < -0.39 is 10.0 Å². The highest BCUT2D eigenvalue weighted by Crippen LogP contribution is 2.22. The maximum atomic E-state index is 12.1. The number of urea groups is 1. The molecule has 9 heteroatoms. The first kappa shape index (κ1) is 18.4. The topological polar surface area (TPSA) is 101 Å². The number of hydrogen-bond donors (Lipinski definition) is 2. The molecule has 1 aliphatic heterocycles. The van der Waals surface area contributed by atoms with Crippen LogP contribution in [-0.4, -0.2) is 57.4 Å². The highest BCUT2D eigenvalue weighted by Gasteiger charge is 2.26. The molecule has 2 aromatic rings. The van der Waals surface area contributed by atoms with Crippen LogP contribution in [0.1, 0.15) is 0 Å². The summed E-state index contributed by atoms with van der Waals surface area (Å²) in [5, 5.41) is 5.45. The van der Waals surface area contributed by atoms with Gasteiger partial charge in [0.15, 0.2) is 0 Å². The van der Waals surface area contributed by atoms with Gasteiger partial charge in [0.2, 0.25) is 10.0 Å². The van der Waals surface area contributed by atoms with Crippen molar-refractivity contribution in [3.8, 4) is 11.3 Å². The molecule has 0 spiro atoms. The van der Waals surface area contributed by atoms with Crippen molar-refractivity contribution in [2.45, 2.75) is 6.10 Å². The van der Waals surface area contributed by atoms with Gasteiger partial charge in [0.25, 0.3) is 0 Å². The number of nitrogens with zero attached hydrogens (tertiary/aromatic N) is 1. The fourth-order valence-corrected chi connectivity index (χ4v) is 3.54. The minimum atomic E-state index is -3.26. The molecule has 8 nitrogen and oxygen atoms in total. The highest BCUT2D eigenvalue weighted by atomic mass is 32.2. The Balaban J connectivity index is 1.52. The van der Waals surface area contributed by atoms with E-state index in [2.05, 4.69) is 10.6 Å². The van der Waals surface area contributed by atoms with Crippen LogP contribution in [0.5, 0.6) is 0 Å². The summed E-state index contributed by atoms with van der Waals surface area (Å²) in [5.41, 5.74) is 1.48. The van der Waals surface area contributed by atoms with Gasteiger partial charge < -0.3 is 19.8 Å². The Kier molecular flexibility index (Phi) is 5.60. The Morgan fingerprint density at radius 3 is 2.88 bits per heavy atom. The van der Waals surface area contributed by atoms with Gasteiger partial charge in [-0.25, -0.2) is 13.2 Å². The van der Waals surface area contributed by atoms with Crippen LogP contribution >= 0.6 is 0 Å². The molecule has 3 rings (SSSR count). The Morgan fingerprint density at radius 2 is 2.15 bits per heavy atom. The van der Waals surface area contributed by atoms with E-state index in [1.54, 1.807) is 24.5 Å². The van der Waals surface area contributed by atoms with Crippen LogP contribution in [0.15, 0.2) is 47.1 Å². The predicted octanol–water partition coefficient (Wildman–Crippen LogP) is 1.73. The van der Waals surface area contributed by atoms with Crippen molar-refractivity contribution >= 4 is 21.7 Å². The summed E-state index contributed by atoms with van der Waals surface area (Å²) in [6, 6.07) is 10.5. The van der Waals surface area contributed by atoms with Gasteiger partial charge in [-0.3, -0.25) is 0 Å². The van der Waals surface area contributed by atoms with Crippen LogP contribution in [0.3, 0.4) is 0 Å². The van der Waals surface area contributed by atoms with Crippen molar-refractivity contribution in [1.29, 1.82) is 0 Å². The normalized spacial score (nSPS) is 18.4. The first-order chi connectivity index (χ1) is 12.4. The number of hydrogen-bond acceptors (Lipinski definition) is 5. The summed E-state index contributed by atoms with van der Waals surface area (Å²) in [7, 11) is -3.26. The van der Waals surface area contributed by atoms with Gasteiger partial charge in [-0.2, -0.15) is 4.31 Å². The van der Waals surface area contributed by atoms with E-state index in [9.17, 15) is 13.2 Å². The summed E-state index contributed by atoms with van der Waals surface area (Å²) < 4.78 is 35.4. The lowest BCUT2D eigenvalue weighted by Crippen LogP contribution is -2.49. The third kappa shape index (κ3) is 4.84. The minimum absolute atomic E-state index is 0.218. The van der Waals surface area contributed by atoms with Gasteiger partial charge in [-0.05, 0) is 24.3 Å². The number of benzene rings is 1. The number of amides is 2. The molecule has 0 aliphatic carbocycles. The molecule has 1 aromatic heterocycles. The van der Waals surface area contributed by atoms with Crippen LogP contribution in [0.4, 0.5) is 10.5 Å². The average molecular weight is 379 g/mol. The van der Waals surface area contributed by atoms with Crippen molar-refractivity contribution in [1.82, 2.24) is 9.62 Å². The van der Waals surface area contributed by atoms with E-state index in [-0.39, 0.29) is 25.2 Å². The predicted molar refractivity (Wildman–Crippen MR) is 97.3 cm³/mol. The van der Waals surface area contributed by atoms with Crippen molar-refractivity contribution in [3.05, 3.63) is 42.7 Å². The third-order valence-corrected chi connectivity index (χ3v) is 5.26. The van der Waals surface area contributed by atoms with E-state index in [0.717, 1.165) is 5.56 Å². The largest absolute Gasteiger partial charge is 0.464 e. The molecule has 140 valence electrons. The zero-order chi connectivity index (χ0) is 18.6. The minimum Gasteiger partial charge on any atom is -0.464 e. The van der Waals surface area contributed by atoms with Gasteiger partial charge in [-0.1, -0.05) is 12.1 Å². The summed E-state index contributed by atoms with van der Waals surface area (Å²) in [4.78, 5) is 12.1. The Morgan fingerprint density at radius 1 is 1.31 bits per heavy atom. The number of sulfonamides is 1. The first-order valence-electron chi connectivity index (χ1n) is 8.17. The lowest BCUT2D eigenvalue weighted by Gasteiger charge is -2.31. The Hall–Kier alpha value is -2.36. The van der Waals surface area contributed by atoms with Crippen LogP contribution < -0.4 is 10.6 Å². The molecule has 1 aromatic carbocycles. The van der Waals surface area contributed by atoms with Gasteiger partial charge >= 0.3 is 6.03 Å². The van der Waals surface area contributed by atoms with Crippen LogP contribution in [0.25, 0.3) is 11.3 Å². The van der Waals surface area contributed by atoms with Gasteiger partial charge in [0.1, 0.15) is 5.76 Å². The first-order valence-corrected chi connectivity index (χ1v) is 10.0. The monoisotopic (exact) mass is 379 g/mol. The van der Waals surface area contributed by atoms with Crippen molar-refractivity contribution < 1.29 is 22.4 Å². The maximum absolute atomic E-state index is 12.1. The molecule has 2 N–H and O–H groups in total. The summed E-state index contributed by atoms with van der Waals surface area (Å²) in [6.07, 6.45) is 2.38. The molecule has 1 atom stereocenters. The van der Waals surface area contributed by atoms with E-state index in [1.165, 1.54) is 10.6 Å². The Labute approximate surface area is 152 Å². The molecule has 0 bridgehead atoms. The van der Waals surface area contributed by atoms with Crippen LogP contribution in [0.2, 0.25) is 0 Å². The zero-order valence-corrected chi connectivity index (χ0v) is 15.2. The molecular formula is C17H21N3O5S. The smallest absolute Gasteiger partial charge is 0.319 e. The number of morpholine rings is 1. The van der Waals surface area contributed by atoms with E-state index in [0.29, 0.717) is 24.6 Å². The second-order valence-corrected chi connectivity index (χ2v) is 7.99. The number of anilines is 1. The van der Waals surface area contributed by atoms with Crippen LogP contribution in [0, 0.1) is 0 Å². The Bertz CT molecular complexity index is 851. The number of rotatable bonds is 5. The fraction of sp³-hybridized carbons (Fsp3) is 0.353. The van der Waals surface area contributed by atoms with E-state index in [1.807, 2.05) is 18.2 Å². The molecule has 0 saturated carbocycles. The number of nitrogens with one attached hydrogen (secondary N) is 2. The summed E-state index contributed by atoms with van der Waals surface area (Å²) >= 11 is 0. The second-order valence-electron chi connectivity index (χ2n) is 6.01. The second kappa shape index (κ2) is 7.90. The molecule has 0 radical (unpaired) electrons. The summed E-state index contributed by atoms with van der Waals surface area (Å²) in [5.74, 6) is 0.713. The highest BCUT2D eigenvalue weighted by molar-refractivity contribution is 7.88. The van der Waals surface area contributed by atoms with E-state index >= 15 is 0 Å². The standard InChI is InChI=1S/C17H21N3O5S/c1-26(22,23)20-7-9-24-15(12-20)11-18-17(21)19-14-5-2-4-13(10-14)16-6-3-8-25-16/h2-6,8,10,15H,7,9,11-12H2,1H3,(H2,18,19,21). The molecule has 2 amide bonds. The number of ether oxygens (including phenoxy) is 1.